The minimum atomic E-state index is -0.0989. The highest BCUT2D eigenvalue weighted by atomic mass is 16.1. The number of aromatic nitrogens is 6. The topological polar surface area (TPSA) is 98.5 Å². The van der Waals surface area contributed by atoms with Gasteiger partial charge in [0.2, 0.25) is 5.91 Å². The standard InChI is InChI=1S/C22H21N7O/c1-15-7-20(13-25-28-15)27-22(30)9-16-3-5-18(6-4-16)19-11-23-21(24-12-19)8-17-10-26-29(2)14-17/h3-7,10-14H,8-9H2,1-2H3,(H,27,28,30). The Morgan fingerprint density at radius 3 is 2.43 bits per heavy atom. The molecule has 0 aliphatic rings. The first-order valence-corrected chi connectivity index (χ1v) is 9.52. The van der Waals surface area contributed by atoms with Crippen LogP contribution in [0.1, 0.15) is 22.6 Å². The molecule has 4 aromatic rings. The van der Waals surface area contributed by atoms with E-state index in [2.05, 4.69) is 30.6 Å². The van der Waals surface area contributed by atoms with Crippen molar-refractivity contribution >= 4 is 11.6 Å². The minimum Gasteiger partial charge on any atom is -0.324 e. The van der Waals surface area contributed by atoms with Crippen molar-refractivity contribution in [2.24, 2.45) is 7.05 Å². The maximum absolute atomic E-state index is 12.3. The van der Waals surface area contributed by atoms with Crippen LogP contribution in [0, 0.1) is 6.92 Å². The molecule has 4 rings (SSSR count). The lowest BCUT2D eigenvalue weighted by atomic mass is 10.0. The lowest BCUT2D eigenvalue weighted by molar-refractivity contribution is -0.115. The molecule has 0 atom stereocenters. The first kappa shape index (κ1) is 19.4. The molecule has 8 heteroatoms. The van der Waals surface area contributed by atoms with Gasteiger partial charge >= 0.3 is 0 Å². The summed E-state index contributed by atoms with van der Waals surface area (Å²) in [7, 11) is 1.89. The van der Waals surface area contributed by atoms with Gasteiger partial charge in [0.1, 0.15) is 5.82 Å². The molecule has 1 N–H and O–H groups in total. The molecule has 0 spiro atoms. The van der Waals surface area contributed by atoms with E-state index in [1.807, 2.05) is 63.0 Å². The lowest BCUT2D eigenvalue weighted by Crippen LogP contribution is -2.14. The van der Waals surface area contributed by atoms with Crippen LogP contribution in [0.25, 0.3) is 11.1 Å². The Labute approximate surface area is 174 Å². The fourth-order valence-corrected chi connectivity index (χ4v) is 3.09. The van der Waals surface area contributed by atoms with Crippen LogP contribution in [0.2, 0.25) is 0 Å². The Bertz CT molecular complexity index is 1150. The summed E-state index contributed by atoms with van der Waals surface area (Å²) < 4.78 is 1.76. The predicted molar refractivity (Wildman–Crippen MR) is 113 cm³/mol. The summed E-state index contributed by atoms with van der Waals surface area (Å²) in [6, 6.07) is 9.61. The first-order valence-electron chi connectivity index (χ1n) is 9.52. The van der Waals surface area contributed by atoms with Crippen LogP contribution < -0.4 is 5.32 Å². The number of aryl methyl sites for hydroxylation is 2. The zero-order valence-corrected chi connectivity index (χ0v) is 16.8. The second-order valence-electron chi connectivity index (χ2n) is 7.09. The van der Waals surface area contributed by atoms with Crippen molar-refractivity contribution in [2.75, 3.05) is 5.32 Å². The number of hydrogen-bond acceptors (Lipinski definition) is 6. The predicted octanol–water partition coefficient (Wildman–Crippen LogP) is 2.75. The molecular formula is C22H21N7O. The average Bonchev–Trinajstić information content (AvgIpc) is 3.14. The summed E-state index contributed by atoms with van der Waals surface area (Å²) in [5.41, 5.74) is 5.33. The highest BCUT2D eigenvalue weighted by molar-refractivity contribution is 5.92. The normalized spacial score (nSPS) is 10.7. The van der Waals surface area contributed by atoms with Crippen LogP contribution in [0.4, 0.5) is 5.69 Å². The van der Waals surface area contributed by atoms with E-state index in [0.717, 1.165) is 33.8 Å². The van der Waals surface area contributed by atoms with Gasteiger partial charge in [0.25, 0.3) is 0 Å². The smallest absolute Gasteiger partial charge is 0.228 e. The summed E-state index contributed by atoms with van der Waals surface area (Å²) in [5, 5.41) is 14.7. The molecule has 0 aliphatic carbocycles. The number of anilines is 1. The summed E-state index contributed by atoms with van der Waals surface area (Å²) in [4.78, 5) is 21.2. The van der Waals surface area contributed by atoms with E-state index < -0.39 is 0 Å². The molecule has 1 amide bonds. The number of rotatable bonds is 6. The van der Waals surface area contributed by atoms with E-state index in [0.29, 0.717) is 12.1 Å². The molecule has 3 aromatic heterocycles. The van der Waals surface area contributed by atoms with Gasteiger partial charge < -0.3 is 5.32 Å². The molecule has 3 heterocycles. The highest BCUT2D eigenvalue weighted by Gasteiger charge is 2.07. The quantitative estimate of drug-likeness (QED) is 0.535. The number of carbonyl (C=O) groups is 1. The Hall–Kier alpha value is -3.94. The first-order chi connectivity index (χ1) is 14.5. The number of benzene rings is 1. The van der Waals surface area contributed by atoms with Crippen molar-refractivity contribution in [1.29, 1.82) is 0 Å². The zero-order chi connectivity index (χ0) is 20.9. The second-order valence-corrected chi connectivity index (χ2v) is 7.09. The average molecular weight is 399 g/mol. The monoisotopic (exact) mass is 399 g/mol. The Kier molecular flexibility index (Phi) is 5.56. The third kappa shape index (κ3) is 4.91. The van der Waals surface area contributed by atoms with Crippen LogP contribution in [0.3, 0.4) is 0 Å². The van der Waals surface area contributed by atoms with Crippen molar-refractivity contribution in [3.8, 4) is 11.1 Å². The van der Waals surface area contributed by atoms with E-state index in [1.165, 1.54) is 6.20 Å². The van der Waals surface area contributed by atoms with Crippen LogP contribution in [-0.4, -0.2) is 35.9 Å². The van der Waals surface area contributed by atoms with Gasteiger partial charge in [0.05, 0.1) is 30.2 Å². The maximum Gasteiger partial charge on any atom is 0.228 e. The van der Waals surface area contributed by atoms with Gasteiger partial charge in [-0.05, 0) is 29.7 Å². The molecule has 0 fully saturated rings. The molecule has 0 bridgehead atoms. The molecule has 150 valence electrons. The SMILES string of the molecule is Cc1cc(NC(=O)Cc2ccc(-c3cnc(Cc4cnn(C)c4)nc3)cc2)cnn1. The van der Waals surface area contributed by atoms with Crippen LogP contribution in [0.15, 0.2) is 61.3 Å². The summed E-state index contributed by atoms with van der Waals surface area (Å²) in [6.07, 6.45) is 9.87. The van der Waals surface area contributed by atoms with E-state index in [-0.39, 0.29) is 12.3 Å². The van der Waals surface area contributed by atoms with Crippen LogP contribution in [0.5, 0.6) is 0 Å². The van der Waals surface area contributed by atoms with Gasteiger partial charge in [-0.25, -0.2) is 9.97 Å². The van der Waals surface area contributed by atoms with Gasteiger partial charge in [0.15, 0.2) is 0 Å². The molecule has 0 aliphatic heterocycles. The van der Waals surface area contributed by atoms with Gasteiger partial charge in [-0.15, -0.1) is 0 Å². The Balaban J connectivity index is 1.37. The maximum atomic E-state index is 12.3. The highest BCUT2D eigenvalue weighted by Crippen LogP contribution is 2.19. The second kappa shape index (κ2) is 8.60. The molecule has 0 saturated carbocycles. The zero-order valence-electron chi connectivity index (χ0n) is 16.8. The van der Waals surface area contributed by atoms with Crippen molar-refractivity contribution in [2.45, 2.75) is 19.8 Å². The van der Waals surface area contributed by atoms with Gasteiger partial charge in [-0.2, -0.15) is 15.3 Å². The Morgan fingerprint density at radius 1 is 1.00 bits per heavy atom. The molecule has 0 unspecified atom stereocenters. The van der Waals surface area contributed by atoms with Crippen molar-refractivity contribution in [3.05, 3.63) is 84.0 Å². The van der Waals surface area contributed by atoms with Gasteiger partial charge in [0, 0.05) is 37.6 Å². The van der Waals surface area contributed by atoms with E-state index in [1.54, 1.807) is 10.7 Å². The molecule has 30 heavy (non-hydrogen) atoms. The van der Waals surface area contributed by atoms with Gasteiger partial charge in [-0.3, -0.25) is 9.48 Å². The van der Waals surface area contributed by atoms with E-state index in [9.17, 15) is 4.79 Å². The van der Waals surface area contributed by atoms with E-state index >= 15 is 0 Å². The fourth-order valence-electron chi connectivity index (χ4n) is 3.09. The third-order valence-electron chi connectivity index (χ3n) is 4.54. The molecule has 0 saturated heterocycles. The molecule has 1 aromatic carbocycles. The third-order valence-corrected chi connectivity index (χ3v) is 4.54. The summed E-state index contributed by atoms with van der Waals surface area (Å²) in [6.45, 7) is 1.83. The van der Waals surface area contributed by atoms with Crippen LogP contribution in [-0.2, 0) is 24.7 Å². The van der Waals surface area contributed by atoms with Crippen LogP contribution >= 0.6 is 0 Å². The molecular weight excluding hydrogens is 378 g/mol. The fraction of sp³-hybridized carbons (Fsp3) is 0.182. The number of hydrogen-bond donors (Lipinski definition) is 1. The minimum absolute atomic E-state index is 0.0989. The number of carbonyl (C=O) groups excluding carboxylic acids is 1. The van der Waals surface area contributed by atoms with E-state index in [4.69, 9.17) is 0 Å². The largest absolute Gasteiger partial charge is 0.324 e. The van der Waals surface area contributed by atoms with Crippen molar-refractivity contribution < 1.29 is 4.79 Å². The number of nitrogens with one attached hydrogen (secondary N) is 1. The van der Waals surface area contributed by atoms with Crippen molar-refractivity contribution in [3.63, 3.8) is 0 Å². The van der Waals surface area contributed by atoms with Crippen molar-refractivity contribution in [1.82, 2.24) is 29.9 Å². The Morgan fingerprint density at radius 2 is 1.77 bits per heavy atom. The molecule has 8 nitrogen and oxygen atoms in total. The summed E-state index contributed by atoms with van der Waals surface area (Å²) >= 11 is 0. The molecule has 0 radical (unpaired) electrons. The number of amides is 1. The number of nitrogens with zero attached hydrogens (tertiary/aromatic N) is 6. The summed E-state index contributed by atoms with van der Waals surface area (Å²) in [5.74, 6) is 0.652. The van der Waals surface area contributed by atoms with Gasteiger partial charge in [-0.1, -0.05) is 24.3 Å². The lowest BCUT2D eigenvalue weighted by Gasteiger charge is -2.07.